The normalized spacial score (nSPS) is 16.0. The van der Waals surface area contributed by atoms with Gasteiger partial charge in [-0.1, -0.05) is 19.9 Å². The van der Waals surface area contributed by atoms with E-state index in [1.165, 1.54) is 9.18 Å². The van der Waals surface area contributed by atoms with Crippen LogP contribution in [0.4, 0.5) is 0 Å². The monoisotopic (exact) mass is 406 g/mol. The van der Waals surface area contributed by atoms with Crippen molar-refractivity contribution in [2.75, 3.05) is 26.2 Å². The van der Waals surface area contributed by atoms with Crippen molar-refractivity contribution >= 4 is 27.3 Å². The third-order valence-electron chi connectivity index (χ3n) is 5.17. The Kier molecular flexibility index (Phi) is 6.34. The Labute approximate surface area is 165 Å². The minimum Gasteiger partial charge on any atom is -0.339 e. The third-order valence-corrected chi connectivity index (χ3v) is 8.27. The topological polar surface area (TPSA) is 57.7 Å². The Hall–Kier alpha value is -1.70. The highest BCUT2D eigenvalue weighted by molar-refractivity contribution is 7.89. The van der Waals surface area contributed by atoms with Gasteiger partial charge in [0.15, 0.2) is 0 Å². The van der Waals surface area contributed by atoms with Gasteiger partial charge in [-0.2, -0.15) is 4.31 Å². The molecule has 3 rings (SSSR count). The van der Waals surface area contributed by atoms with Gasteiger partial charge in [-0.3, -0.25) is 4.79 Å². The molecule has 1 aromatic heterocycles. The zero-order valence-corrected chi connectivity index (χ0v) is 17.4. The Bertz CT molecular complexity index is 849. The van der Waals surface area contributed by atoms with E-state index in [9.17, 15) is 13.2 Å². The minimum atomic E-state index is -3.49. The van der Waals surface area contributed by atoms with Gasteiger partial charge in [-0.25, -0.2) is 8.42 Å². The summed E-state index contributed by atoms with van der Waals surface area (Å²) < 4.78 is 26.5. The Morgan fingerprint density at radius 1 is 1.11 bits per heavy atom. The van der Waals surface area contributed by atoms with Crippen molar-refractivity contribution in [3.8, 4) is 0 Å². The average Bonchev–Trinajstić information content (AvgIpc) is 3.23. The van der Waals surface area contributed by atoms with Gasteiger partial charge in [0.25, 0.3) is 5.91 Å². The summed E-state index contributed by atoms with van der Waals surface area (Å²) in [5.41, 5.74) is 0.545. The molecule has 0 N–H and O–H groups in total. The summed E-state index contributed by atoms with van der Waals surface area (Å²) in [6.45, 7) is 5.97. The maximum Gasteiger partial charge on any atom is 0.253 e. The van der Waals surface area contributed by atoms with Gasteiger partial charge in [0.1, 0.15) is 0 Å². The molecule has 0 radical (unpaired) electrons. The quantitative estimate of drug-likeness (QED) is 0.733. The zero-order chi connectivity index (χ0) is 19.4. The van der Waals surface area contributed by atoms with Crippen LogP contribution in [0.2, 0.25) is 0 Å². The smallest absolute Gasteiger partial charge is 0.253 e. The van der Waals surface area contributed by atoms with E-state index in [-0.39, 0.29) is 10.8 Å². The number of thiophene rings is 1. The number of rotatable bonds is 6. The number of hydrogen-bond acceptors (Lipinski definition) is 4. The van der Waals surface area contributed by atoms with Crippen LogP contribution in [0.15, 0.2) is 46.7 Å². The summed E-state index contributed by atoms with van der Waals surface area (Å²) in [5, 5.41) is 2.10. The van der Waals surface area contributed by atoms with E-state index in [0.717, 1.165) is 25.9 Å². The first-order valence-corrected chi connectivity index (χ1v) is 11.7. The second kappa shape index (κ2) is 8.54. The fourth-order valence-electron chi connectivity index (χ4n) is 3.56. The van der Waals surface area contributed by atoms with Crippen molar-refractivity contribution in [2.24, 2.45) is 0 Å². The lowest BCUT2D eigenvalue weighted by Gasteiger charge is -2.31. The molecule has 1 aromatic carbocycles. The summed E-state index contributed by atoms with van der Waals surface area (Å²) in [7, 11) is -3.49. The standard InChI is InChI=1S/C20H26N2O3S2/c1-3-22(4-2)27(24,25)18-9-7-17(8-10-18)20(23)21-13-11-16(12-14-21)19-6-5-15-26-19/h5-10,15-16H,3-4,11-14H2,1-2H3. The number of piperidine rings is 1. The van der Waals surface area contributed by atoms with Crippen LogP contribution < -0.4 is 0 Å². The highest BCUT2D eigenvalue weighted by Gasteiger charge is 2.26. The van der Waals surface area contributed by atoms with Gasteiger partial charge in [0.05, 0.1) is 4.90 Å². The molecule has 0 atom stereocenters. The van der Waals surface area contributed by atoms with Crippen LogP contribution in [-0.4, -0.2) is 49.7 Å². The van der Waals surface area contributed by atoms with E-state index in [1.807, 2.05) is 18.7 Å². The highest BCUT2D eigenvalue weighted by Crippen LogP contribution is 2.31. The molecule has 0 saturated carbocycles. The Morgan fingerprint density at radius 3 is 2.26 bits per heavy atom. The average molecular weight is 407 g/mol. The molecule has 146 valence electrons. The Morgan fingerprint density at radius 2 is 1.74 bits per heavy atom. The molecule has 27 heavy (non-hydrogen) atoms. The lowest BCUT2D eigenvalue weighted by atomic mass is 9.95. The van der Waals surface area contributed by atoms with E-state index in [0.29, 0.717) is 24.6 Å². The number of carbonyl (C=O) groups is 1. The number of benzene rings is 1. The molecule has 1 fully saturated rings. The van der Waals surface area contributed by atoms with Crippen LogP contribution in [-0.2, 0) is 10.0 Å². The van der Waals surface area contributed by atoms with Crippen molar-refractivity contribution in [3.05, 3.63) is 52.2 Å². The molecule has 1 aliphatic rings. The minimum absolute atomic E-state index is 0.0218. The van der Waals surface area contributed by atoms with Crippen LogP contribution in [0.3, 0.4) is 0 Å². The molecular weight excluding hydrogens is 380 g/mol. The van der Waals surface area contributed by atoms with Crippen molar-refractivity contribution < 1.29 is 13.2 Å². The van der Waals surface area contributed by atoms with Gasteiger partial charge < -0.3 is 4.90 Å². The summed E-state index contributed by atoms with van der Waals surface area (Å²) in [4.78, 5) is 16.3. The van der Waals surface area contributed by atoms with Gasteiger partial charge in [-0.05, 0) is 54.5 Å². The van der Waals surface area contributed by atoms with Crippen LogP contribution in [0, 0.1) is 0 Å². The zero-order valence-electron chi connectivity index (χ0n) is 15.8. The van der Waals surface area contributed by atoms with E-state index in [1.54, 1.807) is 35.6 Å². The first-order valence-electron chi connectivity index (χ1n) is 9.40. The van der Waals surface area contributed by atoms with Crippen molar-refractivity contribution in [2.45, 2.75) is 37.5 Å². The molecule has 0 unspecified atom stereocenters. The van der Waals surface area contributed by atoms with E-state index < -0.39 is 10.0 Å². The predicted octanol–water partition coefficient (Wildman–Crippen LogP) is 3.80. The van der Waals surface area contributed by atoms with Gasteiger partial charge in [0, 0.05) is 36.6 Å². The predicted molar refractivity (Wildman–Crippen MR) is 109 cm³/mol. The largest absolute Gasteiger partial charge is 0.339 e. The van der Waals surface area contributed by atoms with Crippen molar-refractivity contribution in [1.82, 2.24) is 9.21 Å². The Balaban J connectivity index is 1.66. The molecule has 5 nitrogen and oxygen atoms in total. The molecule has 7 heteroatoms. The molecule has 1 saturated heterocycles. The summed E-state index contributed by atoms with van der Waals surface area (Å²) >= 11 is 1.78. The van der Waals surface area contributed by atoms with Crippen LogP contribution in [0.1, 0.15) is 47.8 Å². The maximum absolute atomic E-state index is 12.8. The fraction of sp³-hybridized carbons (Fsp3) is 0.450. The molecule has 0 bridgehead atoms. The molecule has 1 aliphatic heterocycles. The summed E-state index contributed by atoms with van der Waals surface area (Å²) in [6, 6.07) is 10.6. The molecule has 0 spiro atoms. The highest BCUT2D eigenvalue weighted by atomic mass is 32.2. The first-order chi connectivity index (χ1) is 13.0. The van der Waals surface area contributed by atoms with Gasteiger partial charge in [0.2, 0.25) is 10.0 Å². The number of sulfonamides is 1. The number of hydrogen-bond donors (Lipinski definition) is 0. The van der Waals surface area contributed by atoms with E-state index in [4.69, 9.17) is 0 Å². The second-order valence-corrected chi connectivity index (χ2v) is 9.61. The van der Waals surface area contributed by atoms with E-state index in [2.05, 4.69) is 17.5 Å². The first kappa shape index (κ1) is 20.0. The lowest BCUT2D eigenvalue weighted by Crippen LogP contribution is -2.37. The fourth-order valence-corrected chi connectivity index (χ4v) is 5.91. The number of carbonyl (C=O) groups excluding carboxylic acids is 1. The third kappa shape index (κ3) is 4.25. The van der Waals surface area contributed by atoms with Gasteiger partial charge in [-0.15, -0.1) is 11.3 Å². The van der Waals surface area contributed by atoms with Crippen molar-refractivity contribution in [3.63, 3.8) is 0 Å². The van der Waals surface area contributed by atoms with Crippen molar-refractivity contribution in [1.29, 1.82) is 0 Å². The second-order valence-electron chi connectivity index (χ2n) is 6.70. The number of likely N-dealkylation sites (tertiary alicyclic amines) is 1. The number of amides is 1. The lowest BCUT2D eigenvalue weighted by molar-refractivity contribution is 0.0713. The van der Waals surface area contributed by atoms with Crippen LogP contribution in [0.25, 0.3) is 0 Å². The summed E-state index contributed by atoms with van der Waals surface area (Å²) in [5.74, 6) is 0.516. The van der Waals surface area contributed by atoms with Crippen LogP contribution in [0.5, 0.6) is 0 Å². The van der Waals surface area contributed by atoms with E-state index >= 15 is 0 Å². The molecule has 1 amide bonds. The molecular formula is C20H26N2O3S2. The molecule has 2 aromatic rings. The SMILES string of the molecule is CCN(CC)S(=O)(=O)c1ccc(C(=O)N2CCC(c3cccs3)CC2)cc1. The maximum atomic E-state index is 12.8. The van der Waals surface area contributed by atoms with Gasteiger partial charge >= 0.3 is 0 Å². The summed E-state index contributed by atoms with van der Waals surface area (Å²) in [6.07, 6.45) is 1.95. The molecule has 0 aliphatic carbocycles. The number of nitrogens with zero attached hydrogens (tertiary/aromatic N) is 2. The van der Waals surface area contributed by atoms with Crippen LogP contribution >= 0.6 is 11.3 Å². The molecule has 2 heterocycles.